The molecule has 6 nitrogen and oxygen atoms in total. The van der Waals surface area contributed by atoms with Crippen molar-refractivity contribution < 1.29 is 5.11 Å². The smallest absolute Gasteiger partial charge is 0.253 e. The second-order valence-corrected chi connectivity index (χ2v) is 6.68. The third-order valence-electron chi connectivity index (χ3n) is 5.17. The number of nitrogens with zero attached hydrogens (tertiary/aromatic N) is 2. The molecule has 0 saturated carbocycles. The Hall–Kier alpha value is -1.66. The van der Waals surface area contributed by atoms with Crippen molar-refractivity contribution in [3.05, 3.63) is 27.2 Å². The van der Waals surface area contributed by atoms with Crippen LogP contribution in [0.3, 0.4) is 0 Å². The summed E-state index contributed by atoms with van der Waals surface area (Å²) in [5.74, 6) is 0. The molecule has 2 aromatic rings. The number of rotatable bonds is 4. The maximum Gasteiger partial charge on any atom is 0.253 e. The predicted molar refractivity (Wildman–Crippen MR) is 88.7 cm³/mol. The third-order valence-corrected chi connectivity index (χ3v) is 5.17. The minimum atomic E-state index is 0.0447. The summed E-state index contributed by atoms with van der Waals surface area (Å²) < 4.78 is 1.89. The van der Waals surface area contributed by atoms with Gasteiger partial charge in [0.05, 0.1) is 11.7 Å². The quantitative estimate of drug-likeness (QED) is 0.796. The number of pyridine rings is 1. The Labute approximate surface area is 134 Å². The molecule has 1 aliphatic carbocycles. The highest BCUT2D eigenvalue weighted by Crippen LogP contribution is 2.33. The predicted octanol–water partition coefficient (Wildman–Crippen LogP) is 1.41. The first-order chi connectivity index (χ1) is 11.3. The van der Waals surface area contributed by atoms with Gasteiger partial charge < -0.3 is 15.4 Å². The lowest BCUT2D eigenvalue weighted by Crippen LogP contribution is -2.20. The molecule has 0 amide bonds. The zero-order valence-corrected chi connectivity index (χ0v) is 13.4. The second kappa shape index (κ2) is 6.09. The molecular weight excluding hydrogens is 292 g/mol. The number of nitrogens with one attached hydrogen (secondary N) is 2. The number of hydrogen-bond donors (Lipinski definition) is 3. The van der Waals surface area contributed by atoms with Crippen LogP contribution in [0, 0.1) is 0 Å². The average molecular weight is 316 g/mol. The highest BCUT2D eigenvalue weighted by Gasteiger charge is 2.27. The minimum Gasteiger partial charge on any atom is -0.396 e. The molecule has 4 rings (SSSR count). The maximum absolute atomic E-state index is 12.5. The molecule has 6 heteroatoms. The SMILES string of the molecule is O=c1[nH]c2c(c([C@H]3CCCN3)nn2CCCO)c2c1CCCC2. The van der Waals surface area contributed by atoms with Gasteiger partial charge >= 0.3 is 0 Å². The molecule has 0 aromatic carbocycles. The third kappa shape index (κ3) is 2.50. The number of fused-ring (bicyclic) bond motifs is 3. The number of H-pyrrole nitrogens is 1. The molecule has 1 aliphatic heterocycles. The summed E-state index contributed by atoms with van der Waals surface area (Å²) in [4.78, 5) is 15.5. The molecule has 1 fully saturated rings. The summed E-state index contributed by atoms with van der Waals surface area (Å²) in [6, 6.07) is 0.282. The number of aromatic nitrogens is 3. The monoisotopic (exact) mass is 316 g/mol. The van der Waals surface area contributed by atoms with Gasteiger partial charge in [-0.1, -0.05) is 0 Å². The number of aliphatic hydroxyl groups is 1. The van der Waals surface area contributed by atoms with Crippen molar-refractivity contribution in [2.75, 3.05) is 13.2 Å². The van der Waals surface area contributed by atoms with E-state index in [2.05, 4.69) is 10.3 Å². The van der Waals surface area contributed by atoms with Gasteiger partial charge in [0.15, 0.2) is 0 Å². The van der Waals surface area contributed by atoms with Gasteiger partial charge in [-0.2, -0.15) is 5.10 Å². The summed E-state index contributed by atoms with van der Waals surface area (Å²) in [6.45, 7) is 1.79. The Morgan fingerprint density at radius 1 is 1.22 bits per heavy atom. The molecule has 1 saturated heterocycles. The molecule has 0 bridgehead atoms. The van der Waals surface area contributed by atoms with Crippen LogP contribution in [0.15, 0.2) is 4.79 Å². The van der Waals surface area contributed by atoms with Crippen LogP contribution in [0.5, 0.6) is 0 Å². The Balaban J connectivity index is 1.94. The van der Waals surface area contributed by atoms with Gasteiger partial charge in [-0.05, 0) is 57.1 Å². The maximum atomic E-state index is 12.5. The van der Waals surface area contributed by atoms with E-state index < -0.39 is 0 Å². The fourth-order valence-electron chi connectivity index (χ4n) is 4.06. The van der Waals surface area contributed by atoms with E-state index >= 15 is 0 Å². The van der Waals surface area contributed by atoms with E-state index in [1.165, 1.54) is 12.0 Å². The first kappa shape index (κ1) is 14.9. The highest BCUT2D eigenvalue weighted by molar-refractivity contribution is 5.84. The standard InChI is InChI=1S/C17H24N4O2/c22-10-4-9-21-16-14(15(20-21)13-7-3-8-18-13)11-5-1-2-6-12(11)17(23)19-16/h13,18,22H,1-10H2,(H,19,23)/t13-/m1/s1. The van der Waals surface area contributed by atoms with E-state index in [0.717, 1.165) is 60.9 Å². The highest BCUT2D eigenvalue weighted by atomic mass is 16.3. The molecule has 23 heavy (non-hydrogen) atoms. The zero-order valence-electron chi connectivity index (χ0n) is 13.4. The van der Waals surface area contributed by atoms with Gasteiger partial charge in [-0.25, -0.2) is 4.68 Å². The fraction of sp³-hybridized carbons (Fsp3) is 0.647. The number of aliphatic hydroxyl groups excluding tert-OH is 1. The summed E-state index contributed by atoms with van der Waals surface area (Å²) in [6.07, 6.45) is 7.00. The van der Waals surface area contributed by atoms with Crippen LogP contribution >= 0.6 is 0 Å². The molecular formula is C17H24N4O2. The van der Waals surface area contributed by atoms with Crippen LogP contribution in [0.4, 0.5) is 0 Å². The van der Waals surface area contributed by atoms with E-state index in [0.29, 0.717) is 13.0 Å². The Kier molecular flexibility index (Phi) is 3.95. The van der Waals surface area contributed by atoms with Crippen molar-refractivity contribution in [2.24, 2.45) is 0 Å². The van der Waals surface area contributed by atoms with Gasteiger partial charge in [0, 0.05) is 24.1 Å². The van der Waals surface area contributed by atoms with Crippen LogP contribution in [-0.2, 0) is 19.4 Å². The lowest BCUT2D eigenvalue weighted by Gasteiger charge is -2.17. The lowest BCUT2D eigenvalue weighted by atomic mass is 9.89. The molecule has 0 radical (unpaired) electrons. The Morgan fingerprint density at radius 2 is 2.04 bits per heavy atom. The number of hydrogen-bond acceptors (Lipinski definition) is 4. The van der Waals surface area contributed by atoms with Crippen LogP contribution < -0.4 is 10.9 Å². The van der Waals surface area contributed by atoms with Crippen LogP contribution in [0.25, 0.3) is 11.0 Å². The molecule has 3 heterocycles. The number of aryl methyl sites for hydroxylation is 2. The topological polar surface area (TPSA) is 82.9 Å². The van der Waals surface area contributed by atoms with Crippen molar-refractivity contribution >= 4 is 11.0 Å². The summed E-state index contributed by atoms with van der Waals surface area (Å²) in [7, 11) is 0. The first-order valence-corrected chi connectivity index (χ1v) is 8.78. The van der Waals surface area contributed by atoms with Gasteiger partial charge in [0.2, 0.25) is 0 Å². The Morgan fingerprint density at radius 3 is 2.78 bits per heavy atom. The van der Waals surface area contributed by atoms with E-state index in [-0.39, 0.29) is 18.2 Å². The Bertz CT molecular complexity index is 771. The molecule has 124 valence electrons. The zero-order chi connectivity index (χ0) is 15.8. The van der Waals surface area contributed by atoms with Gasteiger partial charge in [0.1, 0.15) is 5.65 Å². The molecule has 0 unspecified atom stereocenters. The molecule has 1 atom stereocenters. The summed E-state index contributed by atoms with van der Waals surface area (Å²) >= 11 is 0. The van der Waals surface area contributed by atoms with Crippen LogP contribution in [0.2, 0.25) is 0 Å². The van der Waals surface area contributed by atoms with E-state index in [9.17, 15) is 4.79 Å². The van der Waals surface area contributed by atoms with Crippen molar-refractivity contribution in [1.29, 1.82) is 0 Å². The fourth-order valence-corrected chi connectivity index (χ4v) is 4.06. The summed E-state index contributed by atoms with van der Waals surface area (Å²) in [5.41, 5.74) is 4.15. The van der Waals surface area contributed by atoms with Gasteiger partial charge in [-0.15, -0.1) is 0 Å². The van der Waals surface area contributed by atoms with Crippen molar-refractivity contribution in [3.63, 3.8) is 0 Å². The molecule has 0 spiro atoms. The van der Waals surface area contributed by atoms with Gasteiger partial charge in [0.25, 0.3) is 5.56 Å². The first-order valence-electron chi connectivity index (χ1n) is 8.78. The lowest BCUT2D eigenvalue weighted by molar-refractivity contribution is 0.277. The normalized spacial score (nSPS) is 21.0. The van der Waals surface area contributed by atoms with Crippen LogP contribution in [0.1, 0.15) is 55.0 Å². The molecule has 2 aliphatic rings. The van der Waals surface area contributed by atoms with Crippen molar-refractivity contribution in [1.82, 2.24) is 20.1 Å². The minimum absolute atomic E-state index is 0.0447. The second-order valence-electron chi connectivity index (χ2n) is 6.68. The molecule has 2 aromatic heterocycles. The largest absolute Gasteiger partial charge is 0.396 e. The summed E-state index contributed by atoms with van der Waals surface area (Å²) in [5, 5.41) is 18.7. The van der Waals surface area contributed by atoms with E-state index in [1.54, 1.807) is 0 Å². The van der Waals surface area contributed by atoms with E-state index in [4.69, 9.17) is 10.2 Å². The van der Waals surface area contributed by atoms with Crippen molar-refractivity contribution in [3.8, 4) is 0 Å². The van der Waals surface area contributed by atoms with Crippen molar-refractivity contribution in [2.45, 2.75) is 57.5 Å². The number of aromatic amines is 1. The van der Waals surface area contributed by atoms with Crippen LogP contribution in [-0.4, -0.2) is 33.0 Å². The molecule has 3 N–H and O–H groups in total. The van der Waals surface area contributed by atoms with Gasteiger partial charge in [-0.3, -0.25) is 4.79 Å². The average Bonchev–Trinajstić information content (AvgIpc) is 3.21. The van der Waals surface area contributed by atoms with E-state index in [1.807, 2.05) is 4.68 Å².